The molecule has 5 nitrogen and oxygen atoms in total. The third-order valence-corrected chi connectivity index (χ3v) is 3.18. The van der Waals surface area contributed by atoms with Crippen LogP contribution in [0.15, 0.2) is 24.3 Å². The second-order valence-corrected chi connectivity index (χ2v) is 4.55. The van der Waals surface area contributed by atoms with E-state index in [1.807, 2.05) is 0 Å². The summed E-state index contributed by atoms with van der Waals surface area (Å²) in [5, 5.41) is 18.3. The fourth-order valence-corrected chi connectivity index (χ4v) is 1.96. The predicted octanol–water partition coefficient (Wildman–Crippen LogP) is 3.19. The van der Waals surface area contributed by atoms with Crippen LogP contribution in [-0.2, 0) is 10.9 Å². The molecule has 1 aromatic carbocycles. The van der Waals surface area contributed by atoms with Crippen LogP contribution in [0, 0.1) is 0 Å². The van der Waals surface area contributed by atoms with E-state index in [9.17, 15) is 23.2 Å². The number of carboxylic acid groups (broad SMARTS) is 1. The molecule has 0 aliphatic rings. The molecule has 0 bridgehead atoms. The highest BCUT2D eigenvalue weighted by Crippen LogP contribution is 2.31. The minimum Gasteiger partial charge on any atom is -0.463 e. The maximum atomic E-state index is 12.5. The SMILES string of the molecule is COC[C@@H](c1ccc(C(F)(F)F)cc1)[C@H](C)N(O)C(=O)O. The monoisotopic (exact) mass is 307 g/mol. The van der Waals surface area contributed by atoms with Gasteiger partial charge in [0, 0.05) is 13.0 Å². The summed E-state index contributed by atoms with van der Waals surface area (Å²) in [5.41, 5.74) is -0.355. The van der Waals surface area contributed by atoms with E-state index in [1.54, 1.807) is 0 Å². The normalized spacial score (nSPS) is 14.6. The maximum Gasteiger partial charge on any atom is 0.431 e. The van der Waals surface area contributed by atoms with E-state index >= 15 is 0 Å². The van der Waals surface area contributed by atoms with E-state index in [2.05, 4.69) is 0 Å². The molecular weight excluding hydrogens is 291 g/mol. The molecule has 0 aromatic heterocycles. The van der Waals surface area contributed by atoms with Gasteiger partial charge in [0.15, 0.2) is 0 Å². The number of hydrogen-bond donors (Lipinski definition) is 2. The van der Waals surface area contributed by atoms with E-state index < -0.39 is 29.8 Å². The first-order valence-corrected chi connectivity index (χ1v) is 6.05. The Bertz CT molecular complexity index is 475. The summed E-state index contributed by atoms with van der Waals surface area (Å²) in [7, 11) is 1.38. The molecule has 118 valence electrons. The molecule has 0 saturated heterocycles. The first-order chi connectivity index (χ1) is 9.68. The van der Waals surface area contributed by atoms with Gasteiger partial charge in [0.1, 0.15) is 0 Å². The molecule has 0 fully saturated rings. The van der Waals surface area contributed by atoms with Crippen LogP contribution in [0.25, 0.3) is 0 Å². The lowest BCUT2D eigenvalue weighted by Crippen LogP contribution is -2.40. The number of ether oxygens (including phenoxy) is 1. The second-order valence-electron chi connectivity index (χ2n) is 4.55. The Morgan fingerprint density at radius 3 is 2.24 bits per heavy atom. The average Bonchev–Trinajstić information content (AvgIpc) is 2.42. The predicted molar refractivity (Wildman–Crippen MR) is 67.2 cm³/mol. The Morgan fingerprint density at radius 1 is 1.33 bits per heavy atom. The Balaban J connectivity index is 3.03. The highest BCUT2D eigenvalue weighted by Gasteiger charge is 2.32. The number of alkyl halides is 3. The van der Waals surface area contributed by atoms with E-state index in [1.165, 1.54) is 26.2 Å². The number of benzene rings is 1. The van der Waals surface area contributed by atoms with Gasteiger partial charge in [-0.3, -0.25) is 5.21 Å². The summed E-state index contributed by atoms with van der Waals surface area (Å²) >= 11 is 0. The standard InChI is InChI=1S/C13H16F3NO4/c1-8(17(20)12(18)19)11(7-21-2)9-3-5-10(6-4-9)13(14,15)16/h3-6,8,11,20H,7H2,1-2H3,(H,18,19)/t8-,11+/m0/s1. The van der Waals surface area contributed by atoms with Gasteiger partial charge in [0.25, 0.3) is 0 Å². The lowest BCUT2D eigenvalue weighted by atomic mass is 9.92. The van der Waals surface area contributed by atoms with Crippen molar-refractivity contribution in [2.45, 2.75) is 25.1 Å². The maximum absolute atomic E-state index is 12.5. The zero-order valence-electron chi connectivity index (χ0n) is 11.5. The summed E-state index contributed by atoms with van der Waals surface area (Å²) in [5.74, 6) is -0.599. The number of methoxy groups -OCH3 is 1. The first-order valence-electron chi connectivity index (χ1n) is 6.05. The lowest BCUT2D eigenvalue weighted by Gasteiger charge is -2.28. The van der Waals surface area contributed by atoms with Gasteiger partial charge in [-0.1, -0.05) is 12.1 Å². The van der Waals surface area contributed by atoms with Crippen LogP contribution in [0.4, 0.5) is 18.0 Å². The first kappa shape index (κ1) is 17.3. The van der Waals surface area contributed by atoms with Crippen LogP contribution in [0.5, 0.6) is 0 Å². The molecule has 0 aliphatic heterocycles. The molecule has 1 rings (SSSR count). The minimum atomic E-state index is -4.44. The third kappa shape index (κ3) is 4.33. The Hall–Kier alpha value is -1.80. The quantitative estimate of drug-likeness (QED) is 0.647. The van der Waals surface area contributed by atoms with Gasteiger partial charge in [-0.15, -0.1) is 0 Å². The summed E-state index contributed by atoms with van der Waals surface area (Å²) < 4.78 is 42.5. The molecule has 0 heterocycles. The highest BCUT2D eigenvalue weighted by molar-refractivity contribution is 5.63. The van der Waals surface area contributed by atoms with Crippen molar-refractivity contribution in [3.05, 3.63) is 35.4 Å². The zero-order valence-corrected chi connectivity index (χ0v) is 11.5. The van der Waals surface area contributed by atoms with Crippen LogP contribution >= 0.6 is 0 Å². The van der Waals surface area contributed by atoms with Crippen molar-refractivity contribution in [2.75, 3.05) is 13.7 Å². The average molecular weight is 307 g/mol. The topological polar surface area (TPSA) is 70.0 Å². The third-order valence-electron chi connectivity index (χ3n) is 3.18. The van der Waals surface area contributed by atoms with Crippen molar-refractivity contribution >= 4 is 6.09 Å². The lowest BCUT2D eigenvalue weighted by molar-refractivity contribution is -0.137. The molecule has 0 spiro atoms. The molecule has 21 heavy (non-hydrogen) atoms. The van der Waals surface area contributed by atoms with Crippen molar-refractivity contribution in [3.63, 3.8) is 0 Å². The second kappa shape index (κ2) is 6.77. The summed E-state index contributed by atoms with van der Waals surface area (Å²) in [6.45, 7) is 1.49. The van der Waals surface area contributed by atoms with Gasteiger partial charge >= 0.3 is 12.3 Å². The van der Waals surface area contributed by atoms with Crippen molar-refractivity contribution in [1.29, 1.82) is 0 Å². The molecule has 1 aromatic rings. The number of amides is 1. The number of hydrogen-bond acceptors (Lipinski definition) is 3. The van der Waals surface area contributed by atoms with E-state index in [0.29, 0.717) is 5.56 Å². The van der Waals surface area contributed by atoms with E-state index in [4.69, 9.17) is 9.84 Å². The van der Waals surface area contributed by atoms with Crippen molar-refractivity contribution < 1.29 is 33.0 Å². The molecule has 1 amide bonds. The summed E-state index contributed by atoms with van der Waals surface area (Å²) in [6, 6.07) is 3.44. The molecule has 0 unspecified atom stereocenters. The van der Waals surface area contributed by atoms with E-state index in [0.717, 1.165) is 12.1 Å². The smallest absolute Gasteiger partial charge is 0.431 e. The van der Waals surface area contributed by atoms with Crippen molar-refractivity contribution in [2.24, 2.45) is 0 Å². The van der Waals surface area contributed by atoms with Crippen LogP contribution in [0.2, 0.25) is 0 Å². The van der Waals surface area contributed by atoms with Crippen LogP contribution in [-0.4, -0.2) is 41.2 Å². The van der Waals surface area contributed by atoms with E-state index in [-0.39, 0.29) is 11.7 Å². The Labute approximate surface area is 119 Å². The van der Waals surface area contributed by atoms with Gasteiger partial charge in [0.2, 0.25) is 0 Å². The number of nitrogens with zero attached hydrogens (tertiary/aromatic N) is 1. The number of carbonyl (C=O) groups is 1. The molecule has 0 saturated carbocycles. The minimum absolute atomic E-state index is 0.0525. The van der Waals surface area contributed by atoms with Gasteiger partial charge in [-0.2, -0.15) is 18.2 Å². The van der Waals surface area contributed by atoms with Crippen molar-refractivity contribution in [3.8, 4) is 0 Å². The van der Waals surface area contributed by atoms with Crippen LogP contribution in [0.1, 0.15) is 24.0 Å². The fraction of sp³-hybridized carbons (Fsp3) is 0.462. The Morgan fingerprint density at radius 2 is 1.86 bits per heavy atom. The number of rotatable bonds is 5. The summed E-state index contributed by atoms with van der Waals surface area (Å²) in [6.07, 6.45) is -5.99. The largest absolute Gasteiger partial charge is 0.463 e. The molecule has 0 radical (unpaired) electrons. The van der Waals surface area contributed by atoms with Crippen LogP contribution in [0.3, 0.4) is 0 Å². The molecule has 0 aliphatic carbocycles. The number of halogens is 3. The van der Waals surface area contributed by atoms with Gasteiger partial charge in [-0.05, 0) is 24.6 Å². The molecular formula is C13H16F3NO4. The Kier molecular flexibility index (Phi) is 5.56. The van der Waals surface area contributed by atoms with Crippen LogP contribution < -0.4 is 0 Å². The van der Waals surface area contributed by atoms with Gasteiger partial charge in [-0.25, -0.2) is 4.79 Å². The zero-order chi connectivity index (χ0) is 16.2. The van der Waals surface area contributed by atoms with Crippen molar-refractivity contribution in [1.82, 2.24) is 5.06 Å². The summed E-state index contributed by atoms with van der Waals surface area (Å²) in [4.78, 5) is 10.8. The number of hydroxylamine groups is 2. The molecule has 8 heteroatoms. The molecule has 2 atom stereocenters. The van der Waals surface area contributed by atoms with Gasteiger partial charge in [0.05, 0.1) is 18.2 Å². The molecule has 2 N–H and O–H groups in total. The van der Waals surface area contributed by atoms with Gasteiger partial charge < -0.3 is 9.84 Å². The highest BCUT2D eigenvalue weighted by atomic mass is 19.4. The fourth-order valence-electron chi connectivity index (χ4n) is 1.96.